The van der Waals surface area contributed by atoms with Gasteiger partial charge in [0.25, 0.3) is 0 Å². The first-order valence-electron chi connectivity index (χ1n) is 4.71. The first-order valence-corrected chi connectivity index (χ1v) is 4.71. The van der Waals surface area contributed by atoms with Crippen LogP contribution in [0.4, 0.5) is 0 Å². The Morgan fingerprint density at radius 2 is 2.00 bits per heavy atom. The lowest BCUT2D eigenvalue weighted by molar-refractivity contribution is -0.118. The summed E-state index contributed by atoms with van der Waals surface area (Å²) >= 11 is 0. The second kappa shape index (κ2) is 3.38. The number of aldehydes is 1. The lowest BCUT2D eigenvalue weighted by Gasteiger charge is -2.28. The minimum absolute atomic E-state index is 0.0642. The Morgan fingerprint density at radius 1 is 1.45 bits per heavy atom. The predicted octanol–water partition coefficient (Wildman–Crippen LogP) is 2.79. The zero-order chi connectivity index (χ0) is 8.32. The number of carbonyl (C=O) groups is 1. The smallest absolute Gasteiger partial charge is 0.126 e. The Morgan fingerprint density at radius 3 is 2.36 bits per heavy atom. The molecular weight excluding hydrogens is 136 g/mol. The van der Waals surface area contributed by atoms with E-state index >= 15 is 0 Å². The summed E-state index contributed by atoms with van der Waals surface area (Å²) < 4.78 is 0. The highest BCUT2D eigenvalue weighted by molar-refractivity contribution is 5.60. The molecular formula is C10H18O. The van der Waals surface area contributed by atoms with Crippen molar-refractivity contribution in [3.63, 3.8) is 0 Å². The zero-order valence-electron chi connectivity index (χ0n) is 7.60. The van der Waals surface area contributed by atoms with Crippen LogP contribution in [0.3, 0.4) is 0 Å². The molecule has 0 bridgehead atoms. The van der Waals surface area contributed by atoms with Crippen molar-refractivity contribution < 1.29 is 4.79 Å². The number of hydrogen-bond donors (Lipinski definition) is 0. The summed E-state index contributed by atoms with van der Waals surface area (Å²) in [4.78, 5) is 10.9. The average molecular weight is 154 g/mol. The highest BCUT2D eigenvalue weighted by Crippen LogP contribution is 2.43. The van der Waals surface area contributed by atoms with Gasteiger partial charge in [-0.25, -0.2) is 0 Å². The first-order chi connectivity index (χ1) is 5.25. The Kier molecular flexibility index (Phi) is 2.69. The van der Waals surface area contributed by atoms with E-state index in [1.807, 2.05) is 0 Å². The molecule has 0 saturated heterocycles. The van der Waals surface area contributed by atoms with Crippen LogP contribution in [-0.4, -0.2) is 6.29 Å². The molecule has 0 amide bonds. The van der Waals surface area contributed by atoms with E-state index in [9.17, 15) is 4.79 Å². The van der Waals surface area contributed by atoms with E-state index < -0.39 is 0 Å². The number of rotatable bonds is 3. The second-order valence-corrected chi connectivity index (χ2v) is 3.87. The van der Waals surface area contributed by atoms with E-state index in [2.05, 4.69) is 13.8 Å². The fourth-order valence-electron chi connectivity index (χ4n) is 2.17. The summed E-state index contributed by atoms with van der Waals surface area (Å²) in [7, 11) is 0. The number of carbonyl (C=O) groups excluding carboxylic acids is 1. The van der Waals surface area contributed by atoms with Gasteiger partial charge in [-0.1, -0.05) is 33.1 Å². The third kappa shape index (κ3) is 1.47. The van der Waals surface area contributed by atoms with Crippen LogP contribution >= 0.6 is 0 Å². The van der Waals surface area contributed by atoms with Crippen molar-refractivity contribution in [2.75, 3.05) is 0 Å². The maximum absolute atomic E-state index is 10.9. The molecule has 0 N–H and O–H groups in total. The summed E-state index contributed by atoms with van der Waals surface area (Å²) in [5.74, 6) is 0.586. The van der Waals surface area contributed by atoms with E-state index in [4.69, 9.17) is 0 Å². The van der Waals surface area contributed by atoms with E-state index in [0.717, 1.165) is 19.3 Å². The van der Waals surface area contributed by atoms with Crippen LogP contribution in [0.1, 0.15) is 46.0 Å². The molecule has 1 heteroatoms. The van der Waals surface area contributed by atoms with E-state index in [1.54, 1.807) is 0 Å². The van der Waals surface area contributed by atoms with Crippen LogP contribution in [0.2, 0.25) is 0 Å². The van der Waals surface area contributed by atoms with E-state index in [1.165, 1.54) is 19.1 Å². The van der Waals surface area contributed by atoms with Crippen molar-refractivity contribution in [1.29, 1.82) is 0 Å². The molecule has 1 rings (SSSR count). The molecule has 1 atom stereocenters. The zero-order valence-corrected chi connectivity index (χ0v) is 7.60. The summed E-state index contributed by atoms with van der Waals surface area (Å²) in [6.45, 7) is 4.38. The van der Waals surface area contributed by atoms with Crippen molar-refractivity contribution >= 4 is 6.29 Å². The van der Waals surface area contributed by atoms with E-state index in [-0.39, 0.29) is 5.41 Å². The Labute approximate surface area is 69.2 Å². The van der Waals surface area contributed by atoms with Gasteiger partial charge in [0.15, 0.2) is 0 Å². The van der Waals surface area contributed by atoms with Crippen molar-refractivity contribution in [2.45, 2.75) is 46.0 Å². The Hall–Kier alpha value is -0.330. The summed E-state index contributed by atoms with van der Waals surface area (Å²) in [5.41, 5.74) is 0.0642. The van der Waals surface area contributed by atoms with E-state index in [0.29, 0.717) is 5.92 Å². The van der Waals surface area contributed by atoms with Crippen LogP contribution < -0.4 is 0 Å². The molecule has 64 valence electrons. The van der Waals surface area contributed by atoms with Gasteiger partial charge in [-0.3, -0.25) is 0 Å². The minimum atomic E-state index is 0.0642. The van der Waals surface area contributed by atoms with Crippen molar-refractivity contribution in [3.8, 4) is 0 Å². The Bertz CT molecular complexity index is 134. The van der Waals surface area contributed by atoms with Gasteiger partial charge in [-0.15, -0.1) is 0 Å². The molecule has 1 aliphatic rings. The molecule has 0 aromatic heterocycles. The minimum Gasteiger partial charge on any atom is -0.303 e. The molecule has 0 aromatic rings. The van der Waals surface area contributed by atoms with Gasteiger partial charge in [-0.2, -0.15) is 0 Å². The third-order valence-corrected chi connectivity index (χ3v) is 3.36. The van der Waals surface area contributed by atoms with Crippen molar-refractivity contribution in [1.82, 2.24) is 0 Å². The average Bonchev–Trinajstić information content (AvgIpc) is 2.52. The molecule has 0 aliphatic heterocycles. The maximum atomic E-state index is 10.9. The molecule has 1 saturated carbocycles. The van der Waals surface area contributed by atoms with Gasteiger partial charge in [0.1, 0.15) is 6.29 Å². The summed E-state index contributed by atoms with van der Waals surface area (Å²) in [6, 6.07) is 0. The van der Waals surface area contributed by atoms with Crippen molar-refractivity contribution in [3.05, 3.63) is 0 Å². The first kappa shape index (κ1) is 8.76. The highest BCUT2D eigenvalue weighted by Gasteiger charge is 2.37. The second-order valence-electron chi connectivity index (χ2n) is 3.87. The van der Waals surface area contributed by atoms with Crippen LogP contribution in [0.15, 0.2) is 0 Å². The van der Waals surface area contributed by atoms with Gasteiger partial charge < -0.3 is 4.79 Å². The lowest BCUT2D eigenvalue weighted by Crippen LogP contribution is -2.26. The van der Waals surface area contributed by atoms with Gasteiger partial charge in [-0.05, 0) is 18.8 Å². The third-order valence-electron chi connectivity index (χ3n) is 3.36. The quantitative estimate of drug-likeness (QED) is 0.571. The molecule has 1 aliphatic carbocycles. The molecule has 1 unspecified atom stereocenters. The molecule has 0 spiro atoms. The van der Waals surface area contributed by atoms with Gasteiger partial charge in [0.05, 0.1) is 0 Å². The predicted molar refractivity (Wildman–Crippen MR) is 46.4 cm³/mol. The maximum Gasteiger partial charge on any atom is 0.126 e. The normalized spacial score (nSPS) is 24.9. The van der Waals surface area contributed by atoms with Gasteiger partial charge in [0, 0.05) is 5.41 Å². The molecule has 0 aromatic carbocycles. The molecule has 1 nitrogen and oxygen atoms in total. The molecule has 11 heavy (non-hydrogen) atoms. The SMILES string of the molecule is CCC(C)C1(C=O)CCCC1. The van der Waals surface area contributed by atoms with Crippen LogP contribution in [0.5, 0.6) is 0 Å². The fourth-order valence-corrected chi connectivity index (χ4v) is 2.17. The molecule has 0 heterocycles. The summed E-state index contributed by atoms with van der Waals surface area (Å²) in [6.07, 6.45) is 7.12. The monoisotopic (exact) mass is 154 g/mol. The topological polar surface area (TPSA) is 17.1 Å². The molecule has 0 radical (unpaired) electrons. The standard InChI is InChI=1S/C10H18O/c1-3-9(2)10(8-11)6-4-5-7-10/h8-9H,3-7H2,1-2H3. The van der Waals surface area contributed by atoms with Crippen molar-refractivity contribution in [2.24, 2.45) is 11.3 Å². The Balaban J connectivity index is 2.65. The van der Waals surface area contributed by atoms with Crippen LogP contribution in [-0.2, 0) is 4.79 Å². The van der Waals surface area contributed by atoms with Gasteiger partial charge in [0.2, 0.25) is 0 Å². The van der Waals surface area contributed by atoms with Crippen LogP contribution in [0, 0.1) is 11.3 Å². The number of hydrogen-bond acceptors (Lipinski definition) is 1. The fraction of sp³-hybridized carbons (Fsp3) is 0.900. The van der Waals surface area contributed by atoms with Crippen LogP contribution in [0.25, 0.3) is 0 Å². The molecule has 1 fully saturated rings. The largest absolute Gasteiger partial charge is 0.303 e. The summed E-state index contributed by atoms with van der Waals surface area (Å²) in [5, 5.41) is 0. The lowest BCUT2D eigenvalue weighted by atomic mass is 9.75. The van der Waals surface area contributed by atoms with Gasteiger partial charge >= 0.3 is 0 Å². The highest BCUT2D eigenvalue weighted by atomic mass is 16.1.